The van der Waals surface area contributed by atoms with E-state index in [2.05, 4.69) is 20.9 Å². The lowest BCUT2D eigenvalue weighted by atomic mass is 10.1. The Morgan fingerprint density at radius 2 is 1.68 bits per heavy atom. The average molecular weight is 392 g/mol. The smallest absolute Gasteiger partial charge is 0.319 e. The van der Waals surface area contributed by atoms with Gasteiger partial charge in [0.15, 0.2) is 0 Å². The quantitative estimate of drug-likeness (QED) is 0.411. The van der Waals surface area contributed by atoms with E-state index in [-0.39, 0.29) is 11.9 Å². The van der Waals surface area contributed by atoms with Crippen LogP contribution in [0.5, 0.6) is 0 Å². The molecule has 1 aromatic carbocycles. The van der Waals surface area contributed by atoms with Crippen molar-refractivity contribution in [2.75, 3.05) is 43.4 Å². The Hall–Kier alpha value is -2.12. The molecule has 1 rings (SSSR count). The van der Waals surface area contributed by atoms with Gasteiger partial charge in [-0.2, -0.15) is 0 Å². The van der Waals surface area contributed by atoms with E-state index in [1.54, 1.807) is 0 Å². The first-order valence-corrected chi connectivity index (χ1v) is 10.3. The summed E-state index contributed by atoms with van der Waals surface area (Å²) in [5, 5.41) is 8.76. The Labute approximate surface area is 169 Å². The average Bonchev–Trinajstić information content (AvgIpc) is 2.68. The number of likely N-dealkylation sites (N-methyl/N-ethyl adjacent to an activating group) is 1. The number of urea groups is 1. The van der Waals surface area contributed by atoms with Crippen molar-refractivity contribution in [3.05, 3.63) is 23.3 Å². The molecule has 0 aliphatic heterocycles. The highest BCUT2D eigenvalue weighted by atomic mass is 16.2. The van der Waals surface area contributed by atoms with Crippen molar-refractivity contribution in [2.45, 2.75) is 53.4 Å². The van der Waals surface area contributed by atoms with E-state index in [0.717, 1.165) is 55.6 Å². The highest BCUT2D eigenvalue weighted by Gasteiger charge is 2.14. The van der Waals surface area contributed by atoms with Gasteiger partial charge in [-0.1, -0.05) is 32.8 Å². The van der Waals surface area contributed by atoms with Crippen molar-refractivity contribution in [1.29, 1.82) is 0 Å². The second-order valence-corrected chi connectivity index (χ2v) is 7.02. The third-order valence-electron chi connectivity index (χ3n) is 4.86. The zero-order valence-corrected chi connectivity index (χ0v) is 17.9. The van der Waals surface area contributed by atoms with Crippen molar-refractivity contribution in [1.82, 2.24) is 10.2 Å². The van der Waals surface area contributed by atoms with Crippen LogP contribution in [0.4, 0.5) is 16.2 Å². The van der Waals surface area contributed by atoms with E-state index in [4.69, 9.17) is 5.73 Å². The lowest BCUT2D eigenvalue weighted by Crippen LogP contribution is -2.33. The lowest BCUT2D eigenvalue weighted by Gasteiger charge is -2.20. The first kappa shape index (κ1) is 23.9. The van der Waals surface area contributed by atoms with Crippen LogP contribution in [0.15, 0.2) is 12.1 Å². The number of nitrogens with zero attached hydrogens (tertiary/aromatic N) is 1. The van der Waals surface area contributed by atoms with Crippen molar-refractivity contribution in [2.24, 2.45) is 5.73 Å². The molecule has 0 radical (unpaired) electrons. The fourth-order valence-corrected chi connectivity index (χ4v) is 3.00. The molecule has 0 aliphatic rings. The molecule has 0 spiro atoms. The molecule has 5 N–H and O–H groups in total. The molecule has 3 amide bonds. The molecule has 0 bridgehead atoms. The number of carbonyl (C=O) groups is 2. The van der Waals surface area contributed by atoms with E-state index >= 15 is 0 Å². The second kappa shape index (κ2) is 13.1. The van der Waals surface area contributed by atoms with Gasteiger partial charge in [-0.25, -0.2) is 4.79 Å². The summed E-state index contributed by atoms with van der Waals surface area (Å²) in [6.07, 6.45) is 4.11. The predicted molar refractivity (Wildman–Crippen MR) is 117 cm³/mol. The number of anilines is 2. The molecule has 0 aromatic heterocycles. The molecule has 1 aromatic rings. The third kappa shape index (κ3) is 8.27. The second-order valence-electron chi connectivity index (χ2n) is 7.02. The van der Waals surface area contributed by atoms with Gasteiger partial charge in [-0.15, -0.1) is 0 Å². The van der Waals surface area contributed by atoms with Gasteiger partial charge in [0.05, 0.1) is 6.54 Å². The maximum absolute atomic E-state index is 12.4. The topological polar surface area (TPSA) is 99.5 Å². The fourth-order valence-electron chi connectivity index (χ4n) is 3.00. The number of hydrogen-bond donors (Lipinski definition) is 4. The van der Waals surface area contributed by atoms with Crippen molar-refractivity contribution < 1.29 is 9.59 Å². The number of rotatable bonds is 12. The van der Waals surface area contributed by atoms with Crippen LogP contribution in [-0.4, -0.2) is 49.6 Å². The highest BCUT2D eigenvalue weighted by molar-refractivity contribution is 5.96. The van der Waals surface area contributed by atoms with Crippen LogP contribution in [0.3, 0.4) is 0 Å². The Kier molecular flexibility index (Phi) is 11.2. The SMILES string of the molecule is CCN(CC)CC(=O)Nc1c(C)ccc(NC(=O)NCCCCCCN)c1C. The Bertz CT molecular complexity index is 629. The van der Waals surface area contributed by atoms with Crippen molar-refractivity contribution in [3.8, 4) is 0 Å². The minimum Gasteiger partial charge on any atom is -0.338 e. The number of benzene rings is 1. The van der Waals surface area contributed by atoms with E-state index in [9.17, 15) is 9.59 Å². The maximum Gasteiger partial charge on any atom is 0.319 e. The van der Waals surface area contributed by atoms with E-state index < -0.39 is 0 Å². The monoisotopic (exact) mass is 391 g/mol. The van der Waals surface area contributed by atoms with Crippen molar-refractivity contribution >= 4 is 23.3 Å². The molecule has 158 valence electrons. The molecule has 7 heteroatoms. The van der Waals surface area contributed by atoms with Gasteiger partial charge in [0.25, 0.3) is 0 Å². The first-order chi connectivity index (χ1) is 13.4. The van der Waals surface area contributed by atoms with Crippen LogP contribution in [0.25, 0.3) is 0 Å². The summed E-state index contributed by atoms with van der Waals surface area (Å²) < 4.78 is 0. The number of unbranched alkanes of at least 4 members (excludes halogenated alkanes) is 3. The van der Waals surface area contributed by atoms with Crippen LogP contribution in [0, 0.1) is 13.8 Å². The van der Waals surface area contributed by atoms with Gasteiger partial charge >= 0.3 is 6.03 Å². The van der Waals surface area contributed by atoms with Crippen LogP contribution in [0.2, 0.25) is 0 Å². The van der Waals surface area contributed by atoms with Crippen LogP contribution < -0.4 is 21.7 Å². The molecule has 0 heterocycles. The summed E-state index contributed by atoms with van der Waals surface area (Å²) in [7, 11) is 0. The van der Waals surface area contributed by atoms with Gasteiger partial charge < -0.3 is 21.7 Å². The lowest BCUT2D eigenvalue weighted by molar-refractivity contribution is -0.117. The summed E-state index contributed by atoms with van der Waals surface area (Å²) in [6, 6.07) is 3.54. The number of carbonyl (C=O) groups excluding carboxylic acids is 2. The maximum atomic E-state index is 12.4. The largest absolute Gasteiger partial charge is 0.338 e. The summed E-state index contributed by atoms with van der Waals surface area (Å²) in [5.74, 6) is -0.0472. The Morgan fingerprint density at radius 1 is 1.00 bits per heavy atom. The predicted octanol–water partition coefficient (Wildman–Crippen LogP) is 3.22. The molecule has 0 saturated carbocycles. The molecule has 0 saturated heterocycles. The van der Waals surface area contributed by atoms with E-state index in [1.165, 1.54) is 0 Å². The van der Waals surface area contributed by atoms with Gasteiger partial charge in [0.2, 0.25) is 5.91 Å². The van der Waals surface area contributed by atoms with Crippen LogP contribution >= 0.6 is 0 Å². The first-order valence-electron chi connectivity index (χ1n) is 10.3. The Balaban J connectivity index is 2.63. The van der Waals surface area contributed by atoms with Crippen LogP contribution in [0.1, 0.15) is 50.7 Å². The Morgan fingerprint density at radius 3 is 2.32 bits per heavy atom. The zero-order chi connectivity index (χ0) is 20.9. The summed E-state index contributed by atoms with van der Waals surface area (Å²) in [6.45, 7) is 11.3. The molecule has 0 atom stereocenters. The normalized spacial score (nSPS) is 10.8. The van der Waals surface area contributed by atoms with Gasteiger partial charge in [-0.3, -0.25) is 9.69 Å². The minimum absolute atomic E-state index is 0.0472. The summed E-state index contributed by atoms with van der Waals surface area (Å²) in [4.78, 5) is 26.6. The molecule has 0 aliphatic carbocycles. The third-order valence-corrected chi connectivity index (χ3v) is 4.86. The molecular weight excluding hydrogens is 354 g/mol. The number of nitrogens with two attached hydrogens (primary N) is 1. The van der Waals surface area contributed by atoms with Gasteiger partial charge in [0, 0.05) is 17.9 Å². The van der Waals surface area contributed by atoms with E-state index in [0.29, 0.717) is 25.3 Å². The summed E-state index contributed by atoms with van der Waals surface area (Å²) >= 11 is 0. The highest BCUT2D eigenvalue weighted by Crippen LogP contribution is 2.27. The molecular formula is C21H37N5O2. The number of hydrogen-bond acceptors (Lipinski definition) is 4. The number of aryl methyl sites for hydroxylation is 1. The summed E-state index contributed by atoms with van der Waals surface area (Å²) in [5.41, 5.74) is 8.75. The van der Waals surface area contributed by atoms with E-state index in [1.807, 2.05) is 39.8 Å². The van der Waals surface area contributed by atoms with Gasteiger partial charge in [0.1, 0.15) is 0 Å². The number of nitrogens with one attached hydrogen (secondary N) is 3. The van der Waals surface area contributed by atoms with Crippen LogP contribution in [-0.2, 0) is 4.79 Å². The minimum atomic E-state index is -0.230. The molecule has 28 heavy (non-hydrogen) atoms. The molecule has 0 unspecified atom stereocenters. The van der Waals surface area contributed by atoms with Gasteiger partial charge in [-0.05, 0) is 63.5 Å². The molecule has 0 fully saturated rings. The fraction of sp³-hybridized carbons (Fsp3) is 0.619. The number of amides is 3. The molecule has 7 nitrogen and oxygen atoms in total. The standard InChI is InChI=1S/C21H37N5O2/c1-5-26(6-2)15-19(27)25-20-16(3)11-12-18(17(20)4)24-21(28)23-14-10-8-7-9-13-22/h11-12H,5-10,13-15,22H2,1-4H3,(H,25,27)(H2,23,24,28). The van der Waals surface area contributed by atoms with Crippen molar-refractivity contribution in [3.63, 3.8) is 0 Å². The zero-order valence-electron chi connectivity index (χ0n) is 17.9.